The summed E-state index contributed by atoms with van der Waals surface area (Å²) in [7, 11) is 0. The molecular formula is C22H11N5O. The molecule has 6 heteroatoms. The molecule has 0 bridgehead atoms. The Kier molecular flexibility index (Phi) is 3.43. The quantitative estimate of drug-likeness (QED) is 0.423. The van der Waals surface area contributed by atoms with Gasteiger partial charge in [-0.1, -0.05) is 30.3 Å². The van der Waals surface area contributed by atoms with E-state index in [-0.39, 0.29) is 11.1 Å². The van der Waals surface area contributed by atoms with Gasteiger partial charge in [0, 0.05) is 17.0 Å². The van der Waals surface area contributed by atoms with Crippen molar-refractivity contribution < 1.29 is 4.42 Å². The number of para-hydroxylation sites is 3. The van der Waals surface area contributed by atoms with Crippen LogP contribution in [0.25, 0.3) is 44.3 Å². The maximum Gasteiger partial charge on any atom is 0.246 e. The minimum atomic E-state index is 0.243. The summed E-state index contributed by atoms with van der Waals surface area (Å²) < 4.78 is 6.09. The second kappa shape index (κ2) is 6.08. The molecule has 0 unspecified atom stereocenters. The number of aromatic nitrogens is 3. The number of nitrogens with one attached hydrogen (secondary N) is 1. The van der Waals surface area contributed by atoms with Crippen LogP contribution >= 0.6 is 0 Å². The van der Waals surface area contributed by atoms with E-state index < -0.39 is 0 Å². The highest BCUT2D eigenvalue weighted by molar-refractivity contribution is 6.02. The van der Waals surface area contributed by atoms with Crippen LogP contribution in [0.2, 0.25) is 0 Å². The predicted molar refractivity (Wildman–Crippen MR) is 106 cm³/mol. The van der Waals surface area contributed by atoms with E-state index in [1.54, 1.807) is 12.1 Å². The van der Waals surface area contributed by atoms with Crippen LogP contribution < -0.4 is 0 Å². The molecule has 28 heavy (non-hydrogen) atoms. The lowest BCUT2D eigenvalue weighted by atomic mass is 10.1. The Balaban J connectivity index is 2.08. The number of nitrogens with zero attached hydrogens (tertiary/aromatic N) is 4. The van der Waals surface area contributed by atoms with Gasteiger partial charge < -0.3 is 9.40 Å². The van der Waals surface area contributed by atoms with Gasteiger partial charge in [0.05, 0.1) is 27.7 Å². The molecule has 6 nitrogen and oxygen atoms in total. The van der Waals surface area contributed by atoms with Gasteiger partial charge in [-0.15, -0.1) is 0 Å². The highest BCUT2D eigenvalue weighted by Crippen LogP contribution is 2.26. The van der Waals surface area contributed by atoms with Gasteiger partial charge in [0.2, 0.25) is 5.71 Å². The fourth-order valence-corrected chi connectivity index (χ4v) is 3.23. The van der Waals surface area contributed by atoms with E-state index >= 15 is 0 Å². The van der Waals surface area contributed by atoms with Crippen molar-refractivity contribution in [3.63, 3.8) is 0 Å². The van der Waals surface area contributed by atoms with Gasteiger partial charge in [-0.2, -0.15) is 10.5 Å². The predicted octanol–water partition coefficient (Wildman–Crippen LogP) is 4.88. The Morgan fingerprint density at radius 3 is 2.25 bits per heavy atom. The monoisotopic (exact) mass is 361 g/mol. The molecule has 0 aliphatic heterocycles. The van der Waals surface area contributed by atoms with E-state index in [4.69, 9.17) is 9.40 Å². The van der Waals surface area contributed by atoms with Crippen LogP contribution in [0.15, 0.2) is 65.1 Å². The standard InChI is InChI=1S/C22H11N5O/c23-11-13-9-19-20(10-14(13)12-24)28-22-21(15-5-1-2-6-16(15)25-19)26-17-7-3-4-8-18(17)27-22/h1-10,25H. The second-order valence-corrected chi connectivity index (χ2v) is 6.26. The van der Waals surface area contributed by atoms with Gasteiger partial charge in [0.25, 0.3) is 0 Å². The number of benzene rings is 3. The summed E-state index contributed by atoms with van der Waals surface area (Å²) in [5, 5.41) is 19.6. The van der Waals surface area contributed by atoms with Crippen LogP contribution in [0.5, 0.6) is 0 Å². The van der Waals surface area contributed by atoms with Crippen molar-refractivity contribution in [1.29, 1.82) is 10.5 Å². The molecule has 3 aromatic carbocycles. The molecule has 2 heterocycles. The van der Waals surface area contributed by atoms with E-state index in [0.29, 0.717) is 27.8 Å². The number of fused-ring (bicyclic) bond motifs is 5. The first-order valence-corrected chi connectivity index (χ1v) is 8.56. The lowest BCUT2D eigenvalue weighted by molar-refractivity contribution is 0.647. The lowest BCUT2D eigenvalue weighted by Crippen LogP contribution is -1.91. The molecule has 5 aromatic rings. The van der Waals surface area contributed by atoms with Crippen molar-refractivity contribution in [2.75, 3.05) is 0 Å². The summed E-state index contributed by atoms with van der Waals surface area (Å²) in [6, 6.07) is 22.5. The topological polar surface area (TPSA) is 102 Å². The van der Waals surface area contributed by atoms with Crippen LogP contribution in [0.1, 0.15) is 11.1 Å². The molecule has 0 fully saturated rings. The zero-order chi connectivity index (χ0) is 19.1. The van der Waals surface area contributed by atoms with Crippen LogP contribution in [0.3, 0.4) is 0 Å². The first-order chi connectivity index (χ1) is 13.8. The van der Waals surface area contributed by atoms with E-state index in [1.807, 2.05) is 54.6 Å². The molecule has 0 aliphatic carbocycles. The number of rotatable bonds is 0. The van der Waals surface area contributed by atoms with Gasteiger partial charge in [-0.25, -0.2) is 9.97 Å². The van der Waals surface area contributed by atoms with Crippen LogP contribution in [0, 0.1) is 22.7 Å². The van der Waals surface area contributed by atoms with Crippen LogP contribution in [-0.2, 0) is 0 Å². The third-order valence-electron chi connectivity index (χ3n) is 4.56. The summed E-state index contributed by atoms with van der Waals surface area (Å²) in [6.07, 6.45) is 0. The maximum absolute atomic E-state index is 9.37. The van der Waals surface area contributed by atoms with E-state index in [1.165, 1.54) is 0 Å². The molecule has 0 spiro atoms. The largest absolute Gasteiger partial charge is 0.435 e. The smallest absolute Gasteiger partial charge is 0.246 e. The average Bonchev–Trinajstić information content (AvgIpc) is 2.73. The number of aromatic amines is 1. The van der Waals surface area contributed by atoms with Crippen LogP contribution in [0.4, 0.5) is 0 Å². The van der Waals surface area contributed by atoms with Gasteiger partial charge in [-0.05, 0) is 24.3 Å². The van der Waals surface area contributed by atoms with Gasteiger partial charge in [-0.3, -0.25) is 0 Å². The van der Waals surface area contributed by atoms with E-state index in [9.17, 15) is 10.5 Å². The summed E-state index contributed by atoms with van der Waals surface area (Å²) >= 11 is 0. The molecule has 0 saturated heterocycles. The van der Waals surface area contributed by atoms with Crippen molar-refractivity contribution in [3.8, 4) is 12.1 Å². The number of nitriles is 2. The molecule has 0 atom stereocenters. The Morgan fingerprint density at radius 2 is 1.46 bits per heavy atom. The van der Waals surface area contributed by atoms with E-state index in [2.05, 4.69) is 16.0 Å². The van der Waals surface area contributed by atoms with Crippen molar-refractivity contribution in [1.82, 2.24) is 15.0 Å². The summed E-state index contributed by atoms with van der Waals surface area (Å²) in [5.74, 6) is 0. The average molecular weight is 361 g/mol. The zero-order valence-corrected chi connectivity index (χ0v) is 14.5. The highest BCUT2D eigenvalue weighted by Gasteiger charge is 2.10. The number of hydrogen-bond donors (Lipinski definition) is 1. The second-order valence-electron chi connectivity index (χ2n) is 6.26. The van der Waals surface area contributed by atoms with Crippen molar-refractivity contribution in [2.24, 2.45) is 0 Å². The minimum absolute atomic E-state index is 0.243. The van der Waals surface area contributed by atoms with Crippen LogP contribution in [-0.4, -0.2) is 15.0 Å². The SMILES string of the molecule is N#Cc1cc2[nH]c3ccccc3c3nc4ccccc4nc3oc2cc1C#N. The first-order valence-electron chi connectivity index (χ1n) is 8.56. The fourth-order valence-electron chi connectivity index (χ4n) is 3.23. The Labute approximate surface area is 158 Å². The van der Waals surface area contributed by atoms with Crippen molar-refractivity contribution in [2.45, 2.75) is 0 Å². The third-order valence-corrected chi connectivity index (χ3v) is 4.56. The zero-order valence-electron chi connectivity index (χ0n) is 14.5. The molecular weight excluding hydrogens is 350 g/mol. The maximum atomic E-state index is 9.37. The summed E-state index contributed by atoms with van der Waals surface area (Å²) in [6.45, 7) is 0. The fraction of sp³-hybridized carbons (Fsp3) is 0. The molecule has 0 saturated carbocycles. The first kappa shape index (κ1) is 15.8. The van der Waals surface area contributed by atoms with Gasteiger partial charge in [0.15, 0.2) is 5.58 Å². The molecule has 130 valence electrons. The summed E-state index contributed by atoms with van der Waals surface area (Å²) in [5.41, 5.74) is 4.76. The van der Waals surface area contributed by atoms with Gasteiger partial charge in [0.1, 0.15) is 17.7 Å². The molecule has 5 rings (SSSR count). The molecule has 1 N–H and O–H groups in total. The third kappa shape index (κ3) is 2.41. The number of H-pyrrole nitrogens is 1. The Morgan fingerprint density at radius 1 is 0.786 bits per heavy atom. The van der Waals surface area contributed by atoms with Gasteiger partial charge >= 0.3 is 0 Å². The Hall–Kier alpha value is -4.42. The molecule has 0 radical (unpaired) electrons. The highest BCUT2D eigenvalue weighted by atomic mass is 16.3. The molecule has 0 aliphatic rings. The van der Waals surface area contributed by atoms with Crippen molar-refractivity contribution >= 4 is 44.3 Å². The van der Waals surface area contributed by atoms with Crippen molar-refractivity contribution in [3.05, 3.63) is 71.8 Å². The summed E-state index contributed by atoms with van der Waals surface area (Å²) in [4.78, 5) is 12.7. The molecule has 2 aromatic heterocycles. The normalized spacial score (nSPS) is 10.8. The number of hydrogen-bond acceptors (Lipinski definition) is 5. The lowest BCUT2D eigenvalue weighted by Gasteiger charge is -2.05. The Bertz CT molecular complexity index is 1540. The minimum Gasteiger partial charge on any atom is -0.435 e. The van der Waals surface area contributed by atoms with E-state index in [0.717, 1.165) is 16.4 Å². The molecule has 0 amide bonds.